The lowest BCUT2D eigenvalue weighted by Crippen LogP contribution is -2.42. The average Bonchev–Trinajstić information content (AvgIpc) is 2.50. The molecular weight excluding hydrogens is 216 g/mol. The first-order valence-electron chi connectivity index (χ1n) is 6.54. The van der Waals surface area contributed by atoms with E-state index in [0.717, 1.165) is 12.8 Å². The van der Waals surface area contributed by atoms with E-state index >= 15 is 0 Å². The van der Waals surface area contributed by atoms with Crippen LogP contribution in [0, 0.1) is 5.92 Å². The molecule has 0 aromatic carbocycles. The predicted octanol–water partition coefficient (Wildman–Crippen LogP) is 1.60. The highest BCUT2D eigenvalue weighted by Crippen LogP contribution is 2.20. The second-order valence-corrected chi connectivity index (χ2v) is 5.40. The van der Waals surface area contributed by atoms with Crippen molar-refractivity contribution in [3.05, 3.63) is 0 Å². The lowest BCUT2D eigenvalue weighted by Gasteiger charge is -2.28. The zero-order valence-corrected chi connectivity index (χ0v) is 11.7. The van der Waals surface area contributed by atoms with E-state index in [1.165, 1.54) is 0 Å². The van der Waals surface area contributed by atoms with Gasteiger partial charge in [0.1, 0.15) is 0 Å². The predicted molar refractivity (Wildman–Crippen MR) is 68.6 cm³/mol. The molecule has 1 aliphatic rings. The Morgan fingerprint density at radius 1 is 1.41 bits per heavy atom. The second kappa shape index (κ2) is 6.36. The van der Waals surface area contributed by atoms with Gasteiger partial charge in [-0.3, -0.25) is 10.1 Å². The van der Waals surface area contributed by atoms with Gasteiger partial charge < -0.3 is 9.64 Å². The van der Waals surface area contributed by atoms with Gasteiger partial charge in [0, 0.05) is 19.8 Å². The van der Waals surface area contributed by atoms with E-state index in [4.69, 9.17) is 4.74 Å². The third kappa shape index (κ3) is 3.68. The summed E-state index contributed by atoms with van der Waals surface area (Å²) in [7, 11) is 1.70. The molecule has 0 spiro atoms. The zero-order valence-electron chi connectivity index (χ0n) is 11.7. The van der Waals surface area contributed by atoms with Crippen molar-refractivity contribution in [1.82, 2.24) is 10.2 Å². The van der Waals surface area contributed by atoms with Crippen molar-refractivity contribution in [3.8, 4) is 0 Å². The molecule has 1 N–H and O–H groups in total. The van der Waals surface area contributed by atoms with Crippen molar-refractivity contribution in [2.24, 2.45) is 5.92 Å². The van der Waals surface area contributed by atoms with Gasteiger partial charge in [0.2, 0.25) is 5.91 Å². The molecule has 1 aliphatic heterocycles. The third-order valence-corrected chi connectivity index (χ3v) is 3.33. The van der Waals surface area contributed by atoms with E-state index in [2.05, 4.69) is 33.0 Å². The summed E-state index contributed by atoms with van der Waals surface area (Å²) < 4.78 is 5.08. The van der Waals surface area contributed by atoms with E-state index in [1.807, 2.05) is 4.90 Å². The Labute approximate surface area is 105 Å². The first-order valence-corrected chi connectivity index (χ1v) is 6.54. The van der Waals surface area contributed by atoms with Crippen molar-refractivity contribution in [2.45, 2.75) is 58.8 Å². The average molecular weight is 242 g/mol. The number of methoxy groups -OCH3 is 1. The molecule has 4 heteroatoms. The minimum atomic E-state index is -0.00463. The molecule has 0 aromatic heterocycles. The minimum Gasteiger partial charge on any atom is -0.385 e. The molecule has 1 heterocycles. The van der Waals surface area contributed by atoms with Crippen LogP contribution in [0.5, 0.6) is 0 Å². The monoisotopic (exact) mass is 242 g/mol. The Kier molecular flexibility index (Phi) is 5.40. The SMILES string of the molecule is COCCC(C)N1C(=O)C(CC(C)C)NC1C. The highest BCUT2D eigenvalue weighted by molar-refractivity contribution is 5.84. The Bertz CT molecular complexity index is 256. The summed E-state index contributed by atoms with van der Waals surface area (Å²) in [5, 5.41) is 3.38. The van der Waals surface area contributed by atoms with E-state index in [0.29, 0.717) is 12.5 Å². The van der Waals surface area contributed by atoms with Gasteiger partial charge in [-0.25, -0.2) is 0 Å². The highest BCUT2D eigenvalue weighted by Gasteiger charge is 2.38. The van der Waals surface area contributed by atoms with Crippen LogP contribution in [0.25, 0.3) is 0 Å². The molecule has 1 rings (SSSR count). The van der Waals surface area contributed by atoms with Gasteiger partial charge in [-0.15, -0.1) is 0 Å². The Balaban J connectivity index is 2.58. The molecule has 0 bridgehead atoms. The molecule has 100 valence electrons. The topological polar surface area (TPSA) is 41.6 Å². The number of nitrogens with one attached hydrogen (secondary N) is 1. The molecule has 0 aromatic rings. The number of carbonyl (C=O) groups is 1. The molecular formula is C13H26N2O2. The van der Waals surface area contributed by atoms with E-state index < -0.39 is 0 Å². The molecule has 1 fully saturated rings. The highest BCUT2D eigenvalue weighted by atomic mass is 16.5. The van der Waals surface area contributed by atoms with Crippen molar-refractivity contribution >= 4 is 5.91 Å². The summed E-state index contributed by atoms with van der Waals surface area (Å²) >= 11 is 0. The Morgan fingerprint density at radius 3 is 2.59 bits per heavy atom. The van der Waals surface area contributed by atoms with Gasteiger partial charge >= 0.3 is 0 Å². The Hall–Kier alpha value is -0.610. The van der Waals surface area contributed by atoms with Crippen molar-refractivity contribution in [2.75, 3.05) is 13.7 Å². The number of nitrogens with zero attached hydrogens (tertiary/aromatic N) is 1. The minimum absolute atomic E-state index is 0.00463. The normalized spacial score (nSPS) is 26.9. The zero-order chi connectivity index (χ0) is 13.0. The summed E-state index contributed by atoms with van der Waals surface area (Å²) in [4.78, 5) is 14.2. The van der Waals surface area contributed by atoms with E-state index in [1.54, 1.807) is 7.11 Å². The number of hydrogen-bond donors (Lipinski definition) is 1. The largest absolute Gasteiger partial charge is 0.385 e. The number of amides is 1. The fourth-order valence-electron chi connectivity index (χ4n) is 2.48. The van der Waals surface area contributed by atoms with Crippen LogP contribution in [0.1, 0.15) is 40.5 Å². The van der Waals surface area contributed by atoms with E-state index in [9.17, 15) is 4.79 Å². The van der Waals surface area contributed by atoms with Crippen molar-refractivity contribution in [1.29, 1.82) is 0 Å². The quantitative estimate of drug-likeness (QED) is 0.769. The second-order valence-electron chi connectivity index (χ2n) is 5.40. The number of ether oxygens (including phenoxy) is 1. The van der Waals surface area contributed by atoms with Gasteiger partial charge in [-0.1, -0.05) is 13.8 Å². The summed E-state index contributed by atoms with van der Waals surface area (Å²) in [6.07, 6.45) is 1.94. The number of carbonyl (C=O) groups excluding carboxylic acids is 1. The molecule has 0 saturated carbocycles. The maximum atomic E-state index is 12.3. The lowest BCUT2D eigenvalue weighted by atomic mass is 10.0. The Morgan fingerprint density at radius 2 is 2.06 bits per heavy atom. The van der Waals surface area contributed by atoms with Crippen LogP contribution in [0.4, 0.5) is 0 Å². The summed E-state index contributed by atoms with van der Waals surface area (Å²) in [6.45, 7) is 9.15. The fraction of sp³-hybridized carbons (Fsp3) is 0.923. The van der Waals surface area contributed by atoms with Crippen LogP contribution < -0.4 is 5.32 Å². The van der Waals surface area contributed by atoms with Crippen molar-refractivity contribution < 1.29 is 9.53 Å². The van der Waals surface area contributed by atoms with Crippen molar-refractivity contribution in [3.63, 3.8) is 0 Å². The van der Waals surface area contributed by atoms with Gasteiger partial charge in [0.05, 0.1) is 12.2 Å². The van der Waals surface area contributed by atoms with Crippen LogP contribution in [-0.2, 0) is 9.53 Å². The van der Waals surface area contributed by atoms with Crippen LogP contribution in [0.3, 0.4) is 0 Å². The first kappa shape index (κ1) is 14.5. The molecule has 4 nitrogen and oxygen atoms in total. The molecule has 3 atom stereocenters. The maximum Gasteiger partial charge on any atom is 0.241 e. The van der Waals surface area contributed by atoms with Gasteiger partial charge in [-0.05, 0) is 32.6 Å². The molecule has 0 aliphatic carbocycles. The number of rotatable bonds is 6. The van der Waals surface area contributed by atoms with Crippen LogP contribution in [0.2, 0.25) is 0 Å². The fourth-order valence-corrected chi connectivity index (χ4v) is 2.48. The van der Waals surface area contributed by atoms with Crippen LogP contribution in [0.15, 0.2) is 0 Å². The lowest BCUT2D eigenvalue weighted by molar-refractivity contribution is -0.132. The summed E-state index contributed by atoms with van der Waals surface area (Å²) in [6, 6.07) is 0.233. The molecule has 1 amide bonds. The summed E-state index contributed by atoms with van der Waals surface area (Å²) in [5.41, 5.74) is 0. The molecule has 3 unspecified atom stereocenters. The van der Waals surface area contributed by atoms with Crippen LogP contribution >= 0.6 is 0 Å². The third-order valence-electron chi connectivity index (χ3n) is 3.33. The van der Waals surface area contributed by atoms with Gasteiger partial charge in [0.15, 0.2) is 0 Å². The van der Waals surface area contributed by atoms with Gasteiger partial charge in [-0.2, -0.15) is 0 Å². The molecule has 1 saturated heterocycles. The smallest absolute Gasteiger partial charge is 0.241 e. The first-order chi connectivity index (χ1) is 7.97. The van der Waals surface area contributed by atoms with Crippen LogP contribution in [-0.4, -0.2) is 42.8 Å². The maximum absolute atomic E-state index is 12.3. The molecule has 0 radical (unpaired) electrons. The van der Waals surface area contributed by atoms with Gasteiger partial charge in [0.25, 0.3) is 0 Å². The standard InChI is InChI=1S/C13H26N2O2/c1-9(2)8-12-13(16)15(11(4)14-12)10(3)6-7-17-5/h9-12,14H,6-8H2,1-5H3. The summed E-state index contributed by atoms with van der Waals surface area (Å²) in [5.74, 6) is 0.785. The molecule has 17 heavy (non-hydrogen) atoms. The number of hydrogen-bond acceptors (Lipinski definition) is 3. The van der Waals surface area contributed by atoms with E-state index in [-0.39, 0.29) is 24.2 Å².